The Morgan fingerprint density at radius 2 is 1.81 bits per heavy atom. The van der Waals surface area contributed by atoms with Gasteiger partial charge in [0.1, 0.15) is 5.82 Å². The van der Waals surface area contributed by atoms with E-state index in [0.29, 0.717) is 11.1 Å². The van der Waals surface area contributed by atoms with Gasteiger partial charge < -0.3 is 5.11 Å². The molecule has 0 bridgehead atoms. The minimum absolute atomic E-state index is 0.163. The van der Waals surface area contributed by atoms with E-state index in [4.69, 9.17) is 0 Å². The molecule has 2 aromatic carbocycles. The minimum Gasteiger partial charge on any atom is -0.387 e. The van der Waals surface area contributed by atoms with Crippen molar-refractivity contribution in [2.24, 2.45) is 0 Å². The number of benzene rings is 2. The molecule has 0 heterocycles. The molecule has 0 aromatic heterocycles. The summed E-state index contributed by atoms with van der Waals surface area (Å²) in [6.45, 7) is -0.196. The highest BCUT2D eigenvalue weighted by Crippen LogP contribution is 2.14. The van der Waals surface area contributed by atoms with Crippen LogP contribution >= 0.6 is 0 Å². The van der Waals surface area contributed by atoms with Crippen LogP contribution in [0.25, 0.3) is 0 Å². The Morgan fingerprint density at radius 1 is 1.10 bits per heavy atom. The van der Waals surface area contributed by atoms with E-state index in [0.717, 1.165) is 0 Å². The SMILES string of the molecule is O=S(=O)(Cc1ccccc1)NC[C@H](O)c1cccc(F)c1. The van der Waals surface area contributed by atoms with Crippen LogP contribution in [0.5, 0.6) is 0 Å². The zero-order valence-corrected chi connectivity index (χ0v) is 12.1. The van der Waals surface area contributed by atoms with Crippen molar-refractivity contribution < 1.29 is 17.9 Å². The van der Waals surface area contributed by atoms with E-state index in [1.165, 1.54) is 18.2 Å². The molecule has 0 unspecified atom stereocenters. The second-order valence-electron chi connectivity index (χ2n) is 4.66. The Morgan fingerprint density at radius 3 is 2.48 bits per heavy atom. The van der Waals surface area contributed by atoms with Gasteiger partial charge >= 0.3 is 0 Å². The van der Waals surface area contributed by atoms with E-state index >= 15 is 0 Å². The highest BCUT2D eigenvalue weighted by Gasteiger charge is 2.15. The Labute approximate surface area is 123 Å². The average Bonchev–Trinajstić information content (AvgIpc) is 2.45. The maximum Gasteiger partial charge on any atom is 0.215 e. The molecule has 0 aliphatic carbocycles. The third-order valence-corrected chi connectivity index (χ3v) is 4.25. The number of halogens is 1. The number of nitrogens with one attached hydrogen (secondary N) is 1. The quantitative estimate of drug-likeness (QED) is 0.857. The first-order chi connectivity index (χ1) is 9.96. The van der Waals surface area contributed by atoms with Crippen LogP contribution in [0, 0.1) is 5.82 Å². The van der Waals surface area contributed by atoms with Gasteiger partial charge in [0.05, 0.1) is 11.9 Å². The van der Waals surface area contributed by atoms with Gasteiger partial charge in [-0.05, 0) is 23.3 Å². The van der Waals surface area contributed by atoms with Gasteiger partial charge in [-0.1, -0.05) is 42.5 Å². The van der Waals surface area contributed by atoms with Gasteiger partial charge in [0.2, 0.25) is 10.0 Å². The third kappa shape index (κ3) is 4.93. The van der Waals surface area contributed by atoms with Crippen LogP contribution in [0.1, 0.15) is 17.2 Å². The fourth-order valence-corrected chi connectivity index (χ4v) is 3.03. The molecule has 0 amide bonds. The maximum atomic E-state index is 13.0. The third-order valence-electron chi connectivity index (χ3n) is 2.93. The summed E-state index contributed by atoms with van der Waals surface area (Å²) in [5.41, 5.74) is 0.989. The van der Waals surface area contributed by atoms with Crippen LogP contribution in [0.2, 0.25) is 0 Å². The number of hydrogen-bond donors (Lipinski definition) is 2. The van der Waals surface area contributed by atoms with Gasteiger partial charge in [-0.25, -0.2) is 17.5 Å². The van der Waals surface area contributed by atoms with E-state index in [1.807, 2.05) is 0 Å². The van der Waals surface area contributed by atoms with Crippen molar-refractivity contribution in [3.63, 3.8) is 0 Å². The molecule has 2 rings (SSSR count). The first-order valence-corrected chi connectivity index (χ1v) is 8.06. The molecule has 0 saturated heterocycles. The lowest BCUT2D eigenvalue weighted by Gasteiger charge is -2.12. The summed E-state index contributed by atoms with van der Waals surface area (Å²) in [5, 5.41) is 9.88. The molecule has 21 heavy (non-hydrogen) atoms. The fraction of sp³-hybridized carbons (Fsp3) is 0.200. The normalized spacial score (nSPS) is 13.0. The summed E-state index contributed by atoms with van der Waals surface area (Å²) in [5.74, 6) is -0.636. The van der Waals surface area contributed by atoms with Crippen LogP contribution in [0.3, 0.4) is 0 Å². The number of rotatable bonds is 6. The summed E-state index contributed by atoms with van der Waals surface area (Å²) >= 11 is 0. The molecule has 112 valence electrons. The molecule has 1 atom stereocenters. The van der Waals surface area contributed by atoms with E-state index < -0.39 is 21.9 Å². The molecule has 0 aliphatic rings. The maximum absolute atomic E-state index is 13.0. The largest absolute Gasteiger partial charge is 0.387 e. The van der Waals surface area contributed by atoms with Gasteiger partial charge in [0.15, 0.2) is 0 Å². The molecular formula is C15H16FNO3S. The summed E-state index contributed by atoms with van der Waals surface area (Å²) < 4.78 is 39.2. The monoisotopic (exact) mass is 309 g/mol. The lowest BCUT2D eigenvalue weighted by Crippen LogP contribution is -2.29. The van der Waals surface area contributed by atoms with Gasteiger partial charge in [-0.2, -0.15) is 0 Å². The van der Waals surface area contributed by atoms with Crippen LogP contribution in [-0.4, -0.2) is 20.1 Å². The molecule has 0 fully saturated rings. The van der Waals surface area contributed by atoms with Crippen molar-refractivity contribution in [3.05, 3.63) is 71.5 Å². The first kappa shape index (κ1) is 15.6. The number of aliphatic hydroxyl groups is 1. The second kappa shape index (κ2) is 6.80. The molecule has 4 nitrogen and oxygen atoms in total. The zero-order valence-electron chi connectivity index (χ0n) is 11.2. The predicted molar refractivity (Wildman–Crippen MR) is 78.4 cm³/mol. The van der Waals surface area contributed by atoms with Crippen molar-refractivity contribution in [1.29, 1.82) is 0 Å². The van der Waals surface area contributed by atoms with Crippen LogP contribution < -0.4 is 4.72 Å². The summed E-state index contributed by atoms with van der Waals surface area (Å²) in [7, 11) is -3.55. The standard InChI is InChI=1S/C15H16FNO3S/c16-14-8-4-7-13(9-14)15(18)10-17-21(19,20)11-12-5-2-1-3-6-12/h1-9,15,17-18H,10-11H2/t15-/m0/s1. The Balaban J connectivity index is 1.95. The summed E-state index contributed by atoms with van der Waals surface area (Å²) in [4.78, 5) is 0. The van der Waals surface area contributed by atoms with Gasteiger partial charge in [0, 0.05) is 6.54 Å². The second-order valence-corrected chi connectivity index (χ2v) is 6.47. The van der Waals surface area contributed by atoms with Crippen molar-refractivity contribution >= 4 is 10.0 Å². The molecule has 0 saturated carbocycles. The van der Waals surface area contributed by atoms with Crippen LogP contribution in [-0.2, 0) is 15.8 Å². The van der Waals surface area contributed by atoms with Crippen LogP contribution in [0.4, 0.5) is 4.39 Å². The van der Waals surface area contributed by atoms with Crippen molar-refractivity contribution in [1.82, 2.24) is 4.72 Å². The smallest absolute Gasteiger partial charge is 0.215 e. The van der Waals surface area contributed by atoms with Gasteiger partial charge in [-0.3, -0.25) is 0 Å². The molecule has 0 aliphatic heterocycles. The zero-order chi connectivity index (χ0) is 15.3. The molecule has 2 N–H and O–H groups in total. The molecule has 6 heteroatoms. The average molecular weight is 309 g/mol. The first-order valence-electron chi connectivity index (χ1n) is 6.41. The van der Waals surface area contributed by atoms with Crippen molar-refractivity contribution in [2.45, 2.75) is 11.9 Å². The fourth-order valence-electron chi connectivity index (χ4n) is 1.88. The lowest BCUT2D eigenvalue weighted by molar-refractivity contribution is 0.181. The topological polar surface area (TPSA) is 66.4 Å². The van der Waals surface area contributed by atoms with E-state index in [2.05, 4.69) is 4.72 Å². The Kier molecular flexibility index (Phi) is 5.06. The molecule has 0 spiro atoms. The highest BCUT2D eigenvalue weighted by molar-refractivity contribution is 7.88. The Bertz CT molecular complexity index is 689. The van der Waals surface area contributed by atoms with Gasteiger partial charge in [-0.15, -0.1) is 0 Å². The lowest BCUT2D eigenvalue weighted by atomic mass is 10.1. The number of hydrogen-bond acceptors (Lipinski definition) is 3. The van der Waals surface area contributed by atoms with E-state index in [9.17, 15) is 17.9 Å². The van der Waals surface area contributed by atoms with E-state index in [1.54, 1.807) is 36.4 Å². The number of sulfonamides is 1. The summed E-state index contributed by atoms with van der Waals surface area (Å²) in [6, 6.07) is 14.2. The highest BCUT2D eigenvalue weighted by atomic mass is 32.2. The van der Waals surface area contributed by atoms with Crippen molar-refractivity contribution in [3.8, 4) is 0 Å². The van der Waals surface area contributed by atoms with Crippen LogP contribution in [0.15, 0.2) is 54.6 Å². The van der Waals surface area contributed by atoms with E-state index in [-0.39, 0.29) is 12.3 Å². The Hall–Kier alpha value is -1.76. The molecular weight excluding hydrogens is 293 g/mol. The molecule has 0 radical (unpaired) electrons. The summed E-state index contributed by atoms with van der Waals surface area (Å²) in [6.07, 6.45) is -1.09. The number of aliphatic hydroxyl groups excluding tert-OH is 1. The molecule has 2 aromatic rings. The minimum atomic E-state index is -3.55. The van der Waals surface area contributed by atoms with Crippen molar-refractivity contribution in [2.75, 3.05) is 6.54 Å². The predicted octanol–water partition coefficient (Wildman–Crippen LogP) is 1.98. The van der Waals surface area contributed by atoms with Gasteiger partial charge in [0.25, 0.3) is 0 Å².